The van der Waals surface area contributed by atoms with E-state index in [4.69, 9.17) is 16.3 Å². The summed E-state index contributed by atoms with van der Waals surface area (Å²) in [5.41, 5.74) is 0.498. The highest BCUT2D eigenvalue weighted by molar-refractivity contribution is 6.32. The third-order valence-corrected chi connectivity index (χ3v) is 4.56. The second kappa shape index (κ2) is 7.78. The Morgan fingerprint density at radius 1 is 1.12 bits per heavy atom. The van der Waals surface area contributed by atoms with Gasteiger partial charge in [0, 0.05) is 31.9 Å². The molecule has 2 aromatic carbocycles. The molecule has 0 aliphatic carbocycles. The van der Waals surface area contributed by atoms with E-state index in [2.05, 4.69) is 10.2 Å². The summed E-state index contributed by atoms with van der Waals surface area (Å²) in [5.74, 6) is -1.00. The van der Waals surface area contributed by atoms with Gasteiger partial charge in [-0.3, -0.25) is 0 Å². The molecule has 8 heteroatoms. The van der Waals surface area contributed by atoms with Crippen LogP contribution < -0.4 is 15.0 Å². The smallest absolute Gasteiger partial charge is 0.322 e. The zero-order valence-corrected chi connectivity index (χ0v) is 14.9. The van der Waals surface area contributed by atoms with Crippen LogP contribution >= 0.6 is 11.6 Å². The highest BCUT2D eigenvalue weighted by atomic mass is 35.5. The lowest BCUT2D eigenvalue weighted by molar-refractivity contribution is 0.208. The number of amides is 2. The number of rotatable bonds is 3. The third-order valence-electron chi connectivity index (χ3n) is 4.26. The number of para-hydroxylation sites is 1. The Kier molecular flexibility index (Phi) is 5.46. The van der Waals surface area contributed by atoms with Crippen LogP contribution in [-0.2, 0) is 0 Å². The Morgan fingerprint density at radius 2 is 1.77 bits per heavy atom. The first-order valence-corrected chi connectivity index (χ1v) is 8.46. The second-order valence-electron chi connectivity index (χ2n) is 5.82. The number of urea groups is 1. The second-order valence-corrected chi connectivity index (χ2v) is 6.23. The van der Waals surface area contributed by atoms with E-state index >= 15 is 0 Å². The van der Waals surface area contributed by atoms with Crippen LogP contribution in [0.1, 0.15) is 0 Å². The number of anilines is 2. The van der Waals surface area contributed by atoms with Gasteiger partial charge in [-0.25, -0.2) is 13.6 Å². The quantitative estimate of drug-likeness (QED) is 0.874. The molecule has 0 bridgehead atoms. The van der Waals surface area contributed by atoms with Crippen LogP contribution in [0.4, 0.5) is 25.0 Å². The highest BCUT2D eigenvalue weighted by Crippen LogP contribution is 2.29. The van der Waals surface area contributed by atoms with Crippen molar-refractivity contribution >= 4 is 29.0 Å². The average molecular weight is 382 g/mol. The average Bonchev–Trinajstić information content (AvgIpc) is 2.65. The molecule has 1 N–H and O–H groups in total. The molecule has 0 saturated carbocycles. The van der Waals surface area contributed by atoms with Gasteiger partial charge in [-0.1, -0.05) is 17.7 Å². The fourth-order valence-corrected chi connectivity index (χ4v) is 3.07. The van der Waals surface area contributed by atoms with E-state index in [1.165, 1.54) is 11.0 Å². The zero-order chi connectivity index (χ0) is 18.7. The molecular formula is C18H18ClF2N3O2. The highest BCUT2D eigenvalue weighted by Gasteiger charge is 2.23. The van der Waals surface area contributed by atoms with Gasteiger partial charge in [0.05, 0.1) is 12.1 Å². The normalized spacial score (nSPS) is 14.3. The zero-order valence-electron chi connectivity index (χ0n) is 14.1. The molecule has 0 atom stereocenters. The minimum atomic E-state index is -0.801. The van der Waals surface area contributed by atoms with Gasteiger partial charge in [0.25, 0.3) is 0 Å². The van der Waals surface area contributed by atoms with E-state index in [0.29, 0.717) is 37.0 Å². The summed E-state index contributed by atoms with van der Waals surface area (Å²) in [6, 6.07) is 8.42. The molecule has 1 aliphatic heterocycles. The predicted molar refractivity (Wildman–Crippen MR) is 97.2 cm³/mol. The predicted octanol–water partition coefficient (Wildman–Crippen LogP) is 3.98. The number of hydrogen-bond donors (Lipinski definition) is 1. The van der Waals surface area contributed by atoms with E-state index < -0.39 is 23.4 Å². The SMILES string of the molecule is COc1ccc(N2CCN(C(=O)Nc3c(F)cccc3F)CC2)cc1Cl. The van der Waals surface area contributed by atoms with Gasteiger partial charge in [0.15, 0.2) is 0 Å². The van der Waals surface area contributed by atoms with Gasteiger partial charge in [0.1, 0.15) is 23.1 Å². The van der Waals surface area contributed by atoms with Crippen molar-refractivity contribution in [2.24, 2.45) is 0 Å². The van der Waals surface area contributed by atoms with Crippen molar-refractivity contribution < 1.29 is 18.3 Å². The van der Waals surface area contributed by atoms with Crippen LogP contribution in [0.2, 0.25) is 5.02 Å². The lowest BCUT2D eigenvalue weighted by Gasteiger charge is -2.36. The number of ether oxygens (including phenoxy) is 1. The number of hydrogen-bond acceptors (Lipinski definition) is 3. The van der Waals surface area contributed by atoms with Gasteiger partial charge in [0.2, 0.25) is 0 Å². The summed E-state index contributed by atoms with van der Waals surface area (Å²) in [6.45, 7) is 2.00. The van der Waals surface area contributed by atoms with Crippen LogP contribution in [-0.4, -0.2) is 44.2 Å². The van der Waals surface area contributed by atoms with Crippen molar-refractivity contribution in [1.82, 2.24) is 4.90 Å². The van der Waals surface area contributed by atoms with E-state index in [-0.39, 0.29) is 0 Å². The summed E-state index contributed by atoms with van der Waals surface area (Å²) in [5, 5.41) is 2.82. The molecule has 0 radical (unpaired) electrons. The van der Waals surface area contributed by atoms with Gasteiger partial charge in [-0.05, 0) is 30.3 Å². The first kappa shape index (κ1) is 18.3. The number of benzene rings is 2. The number of piperazine rings is 1. The van der Waals surface area contributed by atoms with Crippen LogP contribution in [0.25, 0.3) is 0 Å². The standard InChI is InChI=1S/C18H18ClF2N3O2/c1-26-16-6-5-12(11-13(16)19)23-7-9-24(10-8-23)18(25)22-17-14(20)3-2-4-15(17)21/h2-6,11H,7-10H2,1H3,(H,22,25). The van der Waals surface area contributed by atoms with E-state index in [1.54, 1.807) is 13.2 Å². The molecule has 2 aromatic rings. The van der Waals surface area contributed by atoms with Crippen molar-refractivity contribution in [3.05, 3.63) is 53.1 Å². The molecule has 1 heterocycles. The summed E-state index contributed by atoms with van der Waals surface area (Å²) in [6.07, 6.45) is 0. The van der Waals surface area contributed by atoms with Gasteiger partial charge >= 0.3 is 6.03 Å². The molecule has 0 aromatic heterocycles. The summed E-state index contributed by atoms with van der Waals surface area (Å²) >= 11 is 6.15. The molecular weight excluding hydrogens is 364 g/mol. The maximum Gasteiger partial charge on any atom is 0.322 e. The summed E-state index contributed by atoms with van der Waals surface area (Å²) in [4.78, 5) is 15.9. The monoisotopic (exact) mass is 381 g/mol. The van der Waals surface area contributed by atoms with Crippen molar-refractivity contribution in [3.8, 4) is 5.75 Å². The maximum atomic E-state index is 13.7. The molecule has 3 rings (SSSR count). The first-order valence-electron chi connectivity index (χ1n) is 8.08. The Morgan fingerprint density at radius 3 is 2.35 bits per heavy atom. The Hall–Kier alpha value is -2.54. The number of methoxy groups -OCH3 is 1. The molecule has 0 unspecified atom stereocenters. The van der Waals surface area contributed by atoms with Crippen molar-refractivity contribution in [1.29, 1.82) is 0 Å². The minimum absolute atomic E-state index is 0.422. The van der Waals surface area contributed by atoms with Gasteiger partial charge in [-0.15, -0.1) is 0 Å². The fraction of sp³-hybridized carbons (Fsp3) is 0.278. The minimum Gasteiger partial charge on any atom is -0.495 e. The Balaban J connectivity index is 1.61. The van der Waals surface area contributed by atoms with Crippen molar-refractivity contribution in [2.45, 2.75) is 0 Å². The molecule has 0 spiro atoms. The van der Waals surface area contributed by atoms with Crippen molar-refractivity contribution in [3.63, 3.8) is 0 Å². The van der Waals surface area contributed by atoms with Crippen LogP contribution in [0.15, 0.2) is 36.4 Å². The molecule has 138 valence electrons. The molecule has 5 nitrogen and oxygen atoms in total. The Bertz CT molecular complexity index is 791. The number of nitrogens with one attached hydrogen (secondary N) is 1. The maximum absolute atomic E-state index is 13.7. The van der Waals surface area contributed by atoms with Gasteiger partial charge < -0.3 is 19.9 Å². The number of nitrogens with zero attached hydrogens (tertiary/aromatic N) is 2. The number of halogens is 3. The first-order chi connectivity index (χ1) is 12.5. The van der Waals surface area contributed by atoms with Crippen molar-refractivity contribution in [2.75, 3.05) is 43.5 Å². The summed E-state index contributed by atoms with van der Waals surface area (Å²) < 4.78 is 32.5. The van der Waals surface area contributed by atoms with E-state index in [0.717, 1.165) is 17.8 Å². The van der Waals surface area contributed by atoms with E-state index in [9.17, 15) is 13.6 Å². The third kappa shape index (κ3) is 3.83. The van der Waals surface area contributed by atoms with Gasteiger partial charge in [-0.2, -0.15) is 0 Å². The van der Waals surface area contributed by atoms with Crippen LogP contribution in [0, 0.1) is 11.6 Å². The Labute approximate surface area is 155 Å². The fourth-order valence-electron chi connectivity index (χ4n) is 2.82. The molecule has 26 heavy (non-hydrogen) atoms. The summed E-state index contributed by atoms with van der Waals surface area (Å²) in [7, 11) is 1.55. The lowest BCUT2D eigenvalue weighted by Crippen LogP contribution is -2.50. The molecule has 2 amide bonds. The topological polar surface area (TPSA) is 44.8 Å². The number of carbonyl (C=O) groups excluding carboxylic acids is 1. The molecule has 1 aliphatic rings. The molecule has 1 fully saturated rings. The molecule has 1 saturated heterocycles. The lowest BCUT2D eigenvalue weighted by atomic mass is 10.2. The largest absolute Gasteiger partial charge is 0.495 e. The van der Waals surface area contributed by atoms with Crippen LogP contribution in [0.5, 0.6) is 5.75 Å². The van der Waals surface area contributed by atoms with E-state index in [1.807, 2.05) is 12.1 Å². The van der Waals surface area contributed by atoms with Crippen LogP contribution in [0.3, 0.4) is 0 Å². The number of carbonyl (C=O) groups is 1.